The van der Waals surface area contributed by atoms with E-state index in [1.807, 2.05) is 42.8 Å². The van der Waals surface area contributed by atoms with Crippen molar-refractivity contribution in [2.45, 2.75) is 80.1 Å². The minimum absolute atomic E-state index is 0.111. The van der Waals surface area contributed by atoms with Crippen molar-refractivity contribution in [2.75, 3.05) is 18.9 Å². The van der Waals surface area contributed by atoms with Crippen molar-refractivity contribution in [3.63, 3.8) is 0 Å². The lowest BCUT2D eigenvalue weighted by Gasteiger charge is -2.31. The molecule has 0 radical (unpaired) electrons. The summed E-state index contributed by atoms with van der Waals surface area (Å²) in [7, 11) is 0. The van der Waals surface area contributed by atoms with Gasteiger partial charge in [0.15, 0.2) is 5.82 Å². The number of benzene rings is 1. The average molecular weight is 468 g/mol. The third kappa shape index (κ3) is 6.19. The van der Waals surface area contributed by atoms with Crippen LogP contribution in [0.25, 0.3) is 21.9 Å². The summed E-state index contributed by atoms with van der Waals surface area (Å²) in [4.78, 5) is 28.2. The van der Waals surface area contributed by atoms with Gasteiger partial charge in [0, 0.05) is 23.8 Å². The van der Waals surface area contributed by atoms with Crippen LogP contribution in [-0.4, -0.2) is 33.8 Å². The fraction of sp³-hybridized carbons (Fsp3) is 0.593. The summed E-state index contributed by atoms with van der Waals surface area (Å²) in [6, 6.07) is 7.94. The van der Waals surface area contributed by atoms with Crippen LogP contribution in [0.5, 0.6) is 0 Å². The van der Waals surface area contributed by atoms with Gasteiger partial charge in [-0.15, -0.1) is 0 Å². The minimum atomic E-state index is -0.381. The van der Waals surface area contributed by atoms with Crippen LogP contribution in [0.1, 0.15) is 79.5 Å². The van der Waals surface area contributed by atoms with Crippen molar-refractivity contribution in [3.8, 4) is 0 Å². The third-order valence-corrected chi connectivity index (χ3v) is 5.96. The summed E-state index contributed by atoms with van der Waals surface area (Å²) in [5.41, 5.74) is 8.38. The number of aromatic nitrogens is 3. The average Bonchev–Trinajstić information content (AvgIpc) is 3.12. The molecule has 0 saturated heterocycles. The molecule has 186 valence electrons. The first-order valence-corrected chi connectivity index (χ1v) is 12.5. The van der Waals surface area contributed by atoms with Crippen molar-refractivity contribution >= 4 is 33.7 Å². The van der Waals surface area contributed by atoms with Gasteiger partial charge in [0.25, 0.3) is 0 Å². The molecule has 0 atom stereocenters. The highest BCUT2D eigenvalue weighted by molar-refractivity contribution is 6.06. The molecule has 0 fully saturated rings. The SMILES string of the molecule is CCCCc1nc2c(N)nc3ccccc3c2n1OCCCCNC(=O)C(C)(C)CC(C)(C)C. The Labute approximate surface area is 203 Å². The molecule has 2 heterocycles. The Morgan fingerprint density at radius 2 is 1.82 bits per heavy atom. The molecule has 2 aromatic heterocycles. The molecular weight excluding hydrogens is 426 g/mol. The monoisotopic (exact) mass is 467 g/mol. The van der Waals surface area contributed by atoms with E-state index < -0.39 is 0 Å². The molecule has 0 aliphatic rings. The van der Waals surface area contributed by atoms with Crippen LogP contribution in [0.3, 0.4) is 0 Å². The van der Waals surface area contributed by atoms with Crippen LogP contribution in [0.15, 0.2) is 24.3 Å². The van der Waals surface area contributed by atoms with E-state index in [1.54, 1.807) is 0 Å². The van der Waals surface area contributed by atoms with E-state index >= 15 is 0 Å². The fourth-order valence-corrected chi connectivity index (χ4v) is 4.68. The highest BCUT2D eigenvalue weighted by Crippen LogP contribution is 2.33. The van der Waals surface area contributed by atoms with E-state index in [9.17, 15) is 4.79 Å². The van der Waals surface area contributed by atoms with Gasteiger partial charge in [-0.25, -0.2) is 9.97 Å². The lowest BCUT2D eigenvalue weighted by molar-refractivity contribution is -0.130. The third-order valence-electron chi connectivity index (χ3n) is 5.96. The van der Waals surface area contributed by atoms with Crippen LogP contribution in [0.2, 0.25) is 0 Å². The van der Waals surface area contributed by atoms with E-state index in [2.05, 4.69) is 38.0 Å². The predicted molar refractivity (Wildman–Crippen MR) is 140 cm³/mol. The Bertz CT molecular complexity index is 1130. The number of carbonyl (C=O) groups is 1. The first-order valence-electron chi connectivity index (χ1n) is 12.5. The number of imidazole rings is 1. The Balaban J connectivity index is 1.65. The van der Waals surface area contributed by atoms with Crippen molar-refractivity contribution in [1.29, 1.82) is 0 Å². The molecule has 3 rings (SSSR count). The number of anilines is 1. The smallest absolute Gasteiger partial charge is 0.225 e. The number of nitrogens with two attached hydrogens (primary N) is 1. The molecule has 7 heteroatoms. The van der Waals surface area contributed by atoms with Crippen molar-refractivity contribution < 1.29 is 9.63 Å². The van der Waals surface area contributed by atoms with Gasteiger partial charge < -0.3 is 15.9 Å². The van der Waals surface area contributed by atoms with Crippen LogP contribution in [0, 0.1) is 10.8 Å². The molecule has 0 saturated carbocycles. The molecule has 0 bridgehead atoms. The second-order valence-electron chi connectivity index (χ2n) is 11.1. The lowest BCUT2D eigenvalue weighted by Crippen LogP contribution is -2.39. The number of nitrogens with one attached hydrogen (secondary N) is 1. The number of nitrogens with zero attached hydrogens (tertiary/aromatic N) is 3. The number of nitrogen functional groups attached to an aromatic ring is 1. The standard InChI is InChI=1S/C27H41N5O2/c1-7-8-15-21-31-22-23(19-13-9-10-14-20(19)30-24(22)28)32(21)34-17-12-11-16-29-25(33)27(5,6)18-26(2,3)4/h9-10,13-14H,7-8,11-12,15-18H2,1-6H3,(H2,28,30)(H,29,33). The second kappa shape index (κ2) is 10.6. The molecule has 0 aliphatic heterocycles. The van der Waals surface area contributed by atoms with E-state index in [1.165, 1.54) is 0 Å². The first-order chi connectivity index (χ1) is 16.0. The Morgan fingerprint density at radius 3 is 2.53 bits per heavy atom. The van der Waals surface area contributed by atoms with E-state index in [-0.39, 0.29) is 16.7 Å². The maximum atomic E-state index is 12.6. The summed E-state index contributed by atoms with van der Waals surface area (Å²) in [5.74, 6) is 1.41. The molecule has 3 aromatic rings. The maximum absolute atomic E-state index is 12.6. The largest absolute Gasteiger partial charge is 0.412 e. The number of rotatable bonds is 11. The number of amides is 1. The Morgan fingerprint density at radius 1 is 1.09 bits per heavy atom. The summed E-state index contributed by atoms with van der Waals surface area (Å²) in [6.45, 7) is 13.9. The molecule has 3 N–H and O–H groups in total. The van der Waals surface area contributed by atoms with Crippen LogP contribution in [0.4, 0.5) is 5.82 Å². The number of para-hydroxylation sites is 1. The molecular formula is C27H41N5O2. The zero-order valence-corrected chi connectivity index (χ0v) is 21.7. The summed E-state index contributed by atoms with van der Waals surface area (Å²) < 4.78 is 1.86. The Kier molecular flexibility index (Phi) is 8.05. The van der Waals surface area contributed by atoms with Gasteiger partial charge in [-0.1, -0.05) is 66.2 Å². The fourth-order valence-electron chi connectivity index (χ4n) is 4.68. The molecule has 7 nitrogen and oxygen atoms in total. The van der Waals surface area contributed by atoms with Crippen LogP contribution < -0.4 is 15.9 Å². The van der Waals surface area contributed by atoms with Crippen LogP contribution >= 0.6 is 0 Å². The Hall–Kier alpha value is -2.83. The predicted octanol–water partition coefficient (Wildman–Crippen LogP) is 5.30. The lowest BCUT2D eigenvalue weighted by atomic mass is 9.76. The molecule has 0 unspecified atom stereocenters. The van der Waals surface area contributed by atoms with Crippen molar-refractivity contribution in [3.05, 3.63) is 30.1 Å². The van der Waals surface area contributed by atoms with Gasteiger partial charge in [0.1, 0.15) is 23.5 Å². The summed E-state index contributed by atoms with van der Waals surface area (Å²) >= 11 is 0. The van der Waals surface area contributed by atoms with Gasteiger partial charge in [-0.2, -0.15) is 4.73 Å². The number of hydrogen-bond acceptors (Lipinski definition) is 5. The molecule has 34 heavy (non-hydrogen) atoms. The first kappa shape index (κ1) is 25.8. The number of unbranched alkanes of at least 4 members (excludes halogenated alkanes) is 2. The van der Waals surface area contributed by atoms with Gasteiger partial charge in [0.2, 0.25) is 5.91 Å². The maximum Gasteiger partial charge on any atom is 0.225 e. The normalized spacial score (nSPS) is 12.4. The minimum Gasteiger partial charge on any atom is -0.412 e. The van der Waals surface area contributed by atoms with E-state index in [4.69, 9.17) is 15.6 Å². The number of hydrogen-bond donors (Lipinski definition) is 2. The second-order valence-corrected chi connectivity index (χ2v) is 11.1. The molecule has 1 aromatic carbocycles. The molecule has 1 amide bonds. The summed E-state index contributed by atoms with van der Waals surface area (Å²) in [5, 5.41) is 4.08. The van der Waals surface area contributed by atoms with Crippen molar-refractivity contribution in [1.82, 2.24) is 20.0 Å². The molecule has 0 aliphatic carbocycles. The topological polar surface area (TPSA) is 95.1 Å². The van der Waals surface area contributed by atoms with E-state index in [0.717, 1.165) is 60.8 Å². The van der Waals surface area contributed by atoms with Gasteiger partial charge in [-0.3, -0.25) is 4.79 Å². The quantitative estimate of drug-likeness (QED) is 0.373. The zero-order valence-electron chi connectivity index (χ0n) is 21.7. The highest BCUT2D eigenvalue weighted by Gasteiger charge is 2.32. The number of fused-ring (bicyclic) bond motifs is 3. The van der Waals surface area contributed by atoms with Crippen LogP contribution in [-0.2, 0) is 11.2 Å². The number of pyridine rings is 1. The molecule has 0 spiro atoms. The van der Waals surface area contributed by atoms with Gasteiger partial charge in [0.05, 0.1) is 5.52 Å². The highest BCUT2D eigenvalue weighted by atomic mass is 16.7. The van der Waals surface area contributed by atoms with E-state index in [0.29, 0.717) is 24.5 Å². The number of aryl methyl sites for hydroxylation is 1. The number of carbonyl (C=O) groups excluding carboxylic acids is 1. The van der Waals surface area contributed by atoms with Crippen molar-refractivity contribution in [2.24, 2.45) is 10.8 Å². The summed E-state index contributed by atoms with van der Waals surface area (Å²) in [6.07, 6.45) is 5.42. The zero-order chi connectivity index (χ0) is 24.9. The van der Waals surface area contributed by atoms with Gasteiger partial charge >= 0.3 is 0 Å². The van der Waals surface area contributed by atoms with Gasteiger partial charge in [-0.05, 0) is 37.2 Å².